The van der Waals surface area contributed by atoms with E-state index in [0.717, 1.165) is 38.6 Å². The molecule has 5 heteroatoms. The number of hydrogen-bond donors (Lipinski definition) is 1. The number of pyridine rings is 1. The van der Waals surface area contributed by atoms with Crippen LogP contribution in [0, 0.1) is 0 Å². The Labute approximate surface area is 196 Å². The number of carbonyl (C=O) groups excluding carboxylic acids is 2. The molecule has 0 unspecified atom stereocenters. The molecular formula is C29H21N3O2. The van der Waals surface area contributed by atoms with Gasteiger partial charge in [0.05, 0.1) is 22.5 Å². The maximum Gasteiger partial charge on any atom is 0.258 e. The van der Waals surface area contributed by atoms with Gasteiger partial charge in [-0.3, -0.25) is 9.59 Å². The van der Waals surface area contributed by atoms with Crippen LogP contribution in [0.3, 0.4) is 0 Å². The minimum atomic E-state index is -0.215. The summed E-state index contributed by atoms with van der Waals surface area (Å²) in [6, 6.07) is 28.8. The lowest BCUT2D eigenvalue weighted by Crippen LogP contribution is -2.25. The quantitative estimate of drug-likeness (QED) is 0.355. The Hall–Kier alpha value is -4.51. The first-order valence-corrected chi connectivity index (χ1v) is 11.3. The van der Waals surface area contributed by atoms with Crippen molar-refractivity contribution in [3.05, 3.63) is 102 Å². The van der Waals surface area contributed by atoms with Gasteiger partial charge in [-0.2, -0.15) is 0 Å². The van der Waals surface area contributed by atoms with Crippen molar-refractivity contribution in [3.63, 3.8) is 0 Å². The molecule has 164 valence electrons. The van der Waals surface area contributed by atoms with Crippen LogP contribution >= 0.6 is 0 Å². The van der Waals surface area contributed by atoms with Crippen molar-refractivity contribution >= 4 is 44.9 Å². The van der Waals surface area contributed by atoms with E-state index in [0.29, 0.717) is 23.4 Å². The molecule has 0 spiro atoms. The number of carbonyl (C=O) groups is 2. The fourth-order valence-electron chi connectivity index (χ4n) is 4.78. The highest BCUT2D eigenvalue weighted by atomic mass is 16.2. The van der Waals surface area contributed by atoms with Gasteiger partial charge >= 0.3 is 0 Å². The third-order valence-electron chi connectivity index (χ3n) is 6.38. The highest BCUT2D eigenvalue weighted by Gasteiger charge is 2.29. The molecule has 1 aliphatic heterocycles. The Morgan fingerprint density at radius 1 is 0.882 bits per heavy atom. The van der Waals surface area contributed by atoms with E-state index >= 15 is 0 Å². The van der Waals surface area contributed by atoms with Crippen molar-refractivity contribution in [2.45, 2.75) is 6.92 Å². The fourth-order valence-corrected chi connectivity index (χ4v) is 4.78. The molecule has 0 saturated carbocycles. The van der Waals surface area contributed by atoms with Gasteiger partial charge in [-0.25, -0.2) is 4.98 Å². The third kappa shape index (κ3) is 3.05. The van der Waals surface area contributed by atoms with Gasteiger partial charge in [-0.05, 0) is 37.3 Å². The second kappa shape index (κ2) is 7.81. The van der Waals surface area contributed by atoms with Crippen LogP contribution in [0.5, 0.6) is 0 Å². The van der Waals surface area contributed by atoms with E-state index in [1.165, 1.54) is 0 Å². The number of fused-ring (bicyclic) bond motifs is 1. The first kappa shape index (κ1) is 20.1. The summed E-state index contributed by atoms with van der Waals surface area (Å²) in [5.74, 6) is -0.215. The van der Waals surface area contributed by atoms with Crippen LogP contribution in [0.1, 0.15) is 27.6 Å². The molecule has 0 saturated heterocycles. The molecule has 0 bridgehead atoms. The summed E-state index contributed by atoms with van der Waals surface area (Å²) < 4.78 is 0. The van der Waals surface area contributed by atoms with E-state index in [9.17, 15) is 9.59 Å². The number of hydrogen-bond acceptors (Lipinski definition) is 3. The zero-order valence-electron chi connectivity index (χ0n) is 18.6. The molecule has 0 atom stereocenters. The SMILES string of the molecule is CCN1C(=O)c2cccc3c(NC(=O)c4cc(-c5ccccc5)nc5ccccc45)ccc1c23. The number of rotatable bonds is 4. The van der Waals surface area contributed by atoms with Crippen LogP contribution in [0.4, 0.5) is 11.4 Å². The van der Waals surface area contributed by atoms with Crippen molar-refractivity contribution in [3.8, 4) is 11.3 Å². The standard InChI is InChI=1S/C29H21N3O2/c1-2-32-26-16-15-24(20-12-8-13-21(27(20)26)29(32)34)31-28(33)22-17-25(18-9-4-3-5-10-18)30-23-14-7-6-11-19(22)23/h3-17H,2H2,1H3,(H,31,33). The number of aromatic nitrogens is 1. The van der Waals surface area contributed by atoms with Crippen molar-refractivity contribution in [1.82, 2.24) is 4.98 Å². The van der Waals surface area contributed by atoms with E-state index in [1.54, 1.807) is 4.90 Å². The molecule has 0 radical (unpaired) electrons. The second-order valence-electron chi connectivity index (χ2n) is 8.30. The highest BCUT2D eigenvalue weighted by molar-refractivity contribution is 6.27. The summed E-state index contributed by atoms with van der Waals surface area (Å²) in [4.78, 5) is 33.0. The van der Waals surface area contributed by atoms with Gasteiger partial charge in [-0.15, -0.1) is 0 Å². The first-order chi connectivity index (χ1) is 16.7. The number of para-hydroxylation sites is 1. The van der Waals surface area contributed by atoms with E-state index in [-0.39, 0.29) is 11.8 Å². The van der Waals surface area contributed by atoms with Gasteiger partial charge in [0.15, 0.2) is 0 Å². The van der Waals surface area contributed by atoms with Gasteiger partial charge in [0.2, 0.25) is 0 Å². The monoisotopic (exact) mass is 443 g/mol. The molecule has 1 aliphatic rings. The van der Waals surface area contributed by atoms with Crippen LogP contribution in [0.15, 0.2) is 91.0 Å². The topological polar surface area (TPSA) is 62.3 Å². The average molecular weight is 444 g/mol. The van der Waals surface area contributed by atoms with Gasteiger partial charge in [0.1, 0.15) is 0 Å². The van der Waals surface area contributed by atoms with E-state index in [1.807, 2.05) is 97.9 Å². The lowest BCUT2D eigenvalue weighted by Gasteiger charge is -2.16. The molecule has 0 fully saturated rings. The number of benzene rings is 4. The molecule has 5 aromatic rings. The van der Waals surface area contributed by atoms with Crippen LogP contribution < -0.4 is 10.2 Å². The summed E-state index contributed by atoms with van der Waals surface area (Å²) >= 11 is 0. The number of amides is 2. The zero-order valence-corrected chi connectivity index (χ0v) is 18.6. The van der Waals surface area contributed by atoms with Crippen LogP contribution in [-0.2, 0) is 0 Å². The molecule has 2 amide bonds. The fraction of sp³-hybridized carbons (Fsp3) is 0.0690. The minimum absolute atomic E-state index is 0.000734. The molecule has 4 aromatic carbocycles. The Morgan fingerprint density at radius 2 is 1.65 bits per heavy atom. The molecule has 5 nitrogen and oxygen atoms in total. The molecule has 1 N–H and O–H groups in total. The Balaban J connectivity index is 1.47. The van der Waals surface area contributed by atoms with E-state index in [4.69, 9.17) is 4.98 Å². The normalized spacial score (nSPS) is 12.5. The van der Waals surface area contributed by atoms with Crippen molar-refractivity contribution in [1.29, 1.82) is 0 Å². The first-order valence-electron chi connectivity index (χ1n) is 11.3. The van der Waals surface area contributed by atoms with Gasteiger partial charge in [0, 0.05) is 39.5 Å². The van der Waals surface area contributed by atoms with Gasteiger partial charge < -0.3 is 10.2 Å². The number of nitrogens with zero attached hydrogens (tertiary/aromatic N) is 2. The Morgan fingerprint density at radius 3 is 2.47 bits per heavy atom. The summed E-state index contributed by atoms with van der Waals surface area (Å²) in [5.41, 5.74) is 5.25. The van der Waals surface area contributed by atoms with Gasteiger partial charge in [0.25, 0.3) is 11.8 Å². The highest BCUT2D eigenvalue weighted by Crippen LogP contribution is 2.40. The van der Waals surface area contributed by atoms with Crippen molar-refractivity contribution in [2.24, 2.45) is 0 Å². The summed E-state index contributed by atoms with van der Waals surface area (Å²) in [6.45, 7) is 2.56. The Bertz CT molecular complexity index is 1610. The summed E-state index contributed by atoms with van der Waals surface area (Å²) in [5, 5.41) is 5.64. The van der Waals surface area contributed by atoms with Crippen molar-refractivity contribution < 1.29 is 9.59 Å². The molecule has 6 rings (SSSR count). The minimum Gasteiger partial charge on any atom is -0.321 e. The largest absolute Gasteiger partial charge is 0.321 e. The Kier molecular flexibility index (Phi) is 4.62. The lowest BCUT2D eigenvalue weighted by atomic mass is 10.0. The van der Waals surface area contributed by atoms with Crippen LogP contribution in [-0.4, -0.2) is 23.3 Å². The van der Waals surface area contributed by atoms with Gasteiger partial charge in [-0.1, -0.05) is 60.7 Å². The predicted octanol–water partition coefficient (Wildman–Crippen LogP) is 6.29. The van der Waals surface area contributed by atoms with E-state index < -0.39 is 0 Å². The zero-order chi connectivity index (χ0) is 23.2. The van der Waals surface area contributed by atoms with Crippen LogP contribution in [0.2, 0.25) is 0 Å². The molecule has 0 aliphatic carbocycles. The summed E-state index contributed by atoms with van der Waals surface area (Å²) in [7, 11) is 0. The van der Waals surface area contributed by atoms with Crippen LogP contribution in [0.25, 0.3) is 32.9 Å². The second-order valence-corrected chi connectivity index (χ2v) is 8.30. The smallest absolute Gasteiger partial charge is 0.258 e. The average Bonchev–Trinajstić information content (AvgIpc) is 3.17. The molecule has 1 aromatic heterocycles. The predicted molar refractivity (Wildman–Crippen MR) is 136 cm³/mol. The lowest BCUT2D eigenvalue weighted by molar-refractivity contribution is 0.0992. The molecule has 2 heterocycles. The molecular weight excluding hydrogens is 422 g/mol. The maximum atomic E-state index is 13.6. The maximum absolute atomic E-state index is 13.6. The molecule has 34 heavy (non-hydrogen) atoms. The van der Waals surface area contributed by atoms with Crippen molar-refractivity contribution in [2.75, 3.05) is 16.8 Å². The van der Waals surface area contributed by atoms with E-state index in [2.05, 4.69) is 5.32 Å². The summed E-state index contributed by atoms with van der Waals surface area (Å²) in [6.07, 6.45) is 0. The number of nitrogens with one attached hydrogen (secondary N) is 1. The third-order valence-corrected chi connectivity index (χ3v) is 6.38. The number of anilines is 2.